The first-order chi connectivity index (χ1) is 12.2. The van der Waals surface area contributed by atoms with E-state index in [9.17, 15) is 9.59 Å². The molecule has 1 aromatic heterocycles. The third kappa shape index (κ3) is 4.79. The fraction of sp³-hybridized carbons (Fsp3) is 0.316. The normalized spacial score (nSPS) is 13.2. The lowest BCUT2D eigenvalue weighted by molar-refractivity contribution is 0.0950. The Morgan fingerprint density at radius 1 is 1.16 bits per heavy atom. The number of carbonyl (C=O) groups is 2. The van der Waals surface area contributed by atoms with Crippen LogP contribution in [0.15, 0.2) is 42.7 Å². The molecule has 0 bridgehead atoms. The highest BCUT2D eigenvalue weighted by Crippen LogP contribution is 2.19. The zero-order valence-electron chi connectivity index (χ0n) is 14.1. The number of benzene rings is 1. The van der Waals surface area contributed by atoms with Crippen molar-refractivity contribution in [1.82, 2.24) is 15.6 Å². The van der Waals surface area contributed by atoms with Crippen molar-refractivity contribution < 1.29 is 14.3 Å². The Bertz CT molecular complexity index is 772. The summed E-state index contributed by atoms with van der Waals surface area (Å²) in [6.07, 6.45) is 5.67. The van der Waals surface area contributed by atoms with Gasteiger partial charge in [0.15, 0.2) is 0 Å². The van der Waals surface area contributed by atoms with Gasteiger partial charge in [-0.2, -0.15) is 0 Å². The number of nitrogens with one attached hydrogen (secondary N) is 2. The SMILES string of the molecule is COc1cccc(CCNC(=O)c2cncc(C(=O)NC3CC3)c2)c1. The summed E-state index contributed by atoms with van der Waals surface area (Å²) in [5.74, 6) is 0.375. The summed E-state index contributed by atoms with van der Waals surface area (Å²) >= 11 is 0. The Hall–Kier alpha value is -2.89. The zero-order chi connectivity index (χ0) is 17.6. The van der Waals surface area contributed by atoms with Crippen molar-refractivity contribution in [3.05, 3.63) is 59.4 Å². The van der Waals surface area contributed by atoms with Gasteiger partial charge in [-0.05, 0) is 43.0 Å². The van der Waals surface area contributed by atoms with E-state index in [2.05, 4.69) is 15.6 Å². The van der Waals surface area contributed by atoms with Crippen LogP contribution in [0, 0.1) is 0 Å². The molecule has 0 aliphatic heterocycles. The second-order valence-corrected chi connectivity index (χ2v) is 6.07. The van der Waals surface area contributed by atoms with Crippen molar-refractivity contribution in [1.29, 1.82) is 0 Å². The predicted molar refractivity (Wildman–Crippen MR) is 93.8 cm³/mol. The first kappa shape index (κ1) is 17.0. The summed E-state index contributed by atoms with van der Waals surface area (Å²) in [4.78, 5) is 28.3. The predicted octanol–water partition coefficient (Wildman–Crippen LogP) is 1.95. The minimum Gasteiger partial charge on any atom is -0.497 e. The molecule has 0 unspecified atom stereocenters. The minimum absolute atomic E-state index is 0.180. The highest BCUT2D eigenvalue weighted by atomic mass is 16.5. The third-order valence-electron chi connectivity index (χ3n) is 4.01. The van der Waals surface area contributed by atoms with E-state index >= 15 is 0 Å². The quantitative estimate of drug-likeness (QED) is 0.808. The largest absolute Gasteiger partial charge is 0.497 e. The Balaban J connectivity index is 1.54. The van der Waals surface area contributed by atoms with E-state index in [4.69, 9.17) is 4.74 Å². The summed E-state index contributed by atoms with van der Waals surface area (Å²) in [5.41, 5.74) is 1.87. The number of rotatable bonds is 7. The molecular weight excluding hydrogens is 318 g/mol. The Kier molecular flexibility index (Phi) is 5.28. The number of pyridine rings is 1. The summed E-state index contributed by atoms with van der Waals surface area (Å²) in [5, 5.41) is 5.74. The lowest BCUT2D eigenvalue weighted by Gasteiger charge is -2.08. The summed E-state index contributed by atoms with van der Waals surface area (Å²) in [6, 6.07) is 9.57. The van der Waals surface area contributed by atoms with Gasteiger partial charge >= 0.3 is 0 Å². The second kappa shape index (κ2) is 7.79. The van der Waals surface area contributed by atoms with Gasteiger partial charge in [-0.3, -0.25) is 14.6 Å². The molecule has 1 heterocycles. The monoisotopic (exact) mass is 339 g/mol. The molecule has 2 aromatic rings. The molecule has 6 nitrogen and oxygen atoms in total. The summed E-state index contributed by atoms with van der Waals surface area (Å²) in [7, 11) is 1.63. The fourth-order valence-corrected chi connectivity index (χ4v) is 2.44. The molecular formula is C19H21N3O3. The van der Waals surface area contributed by atoms with Gasteiger partial charge in [0.25, 0.3) is 11.8 Å². The molecule has 1 aliphatic carbocycles. The third-order valence-corrected chi connectivity index (χ3v) is 4.01. The number of nitrogens with zero attached hydrogens (tertiary/aromatic N) is 1. The molecule has 2 amide bonds. The van der Waals surface area contributed by atoms with Gasteiger partial charge in [-0.15, -0.1) is 0 Å². The van der Waals surface area contributed by atoms with Crippen LogP contribution in [0.3, 0.4) is 0 Å². The average Bonchev–Trinajstić information content (AvgIpc) is 3.46. The van der Waals surface area contributed by atoms with Crippen molar-refractivity contribution in [3.63, 3.8) is 0 Å². The molecule has 0 spiro atoms. The van der Waals surface area contributed by atoms with Gasteiger partial charge in [-0.1, -0.05) is 12.1 Å². The van der Waals surface area contributed by atoms with E-state index < -0.39 is 0 Å². The molecule has 1 aliphatic rings. The van der Waals surface area contributed by atoms with Crippen LogP contribution in [0.4, 0.5) is 0 Å². The fourth-order valence-electron chi connectivity index (χ4n) is 2.44. The standard InChI is InChI=1S/C19H21N3O3/c1-25-17-4-2-3-13(9-17)7-8-21-18(23)14-10-15(12-20-11-14)19(24)22-16-5-6-16/h2-4,9-12,16H,5-8H2,1H3,(H,21,23)(H,22,24). The molecule has 130 valence electrons. The van der Waals surface area contributed by atoms with Crippen molar-refractivity contribution >= 4 is 11.8 Å². The molecule has 0 saturated heterocycles. The highest BCUT2D eigenvalue weighted by Gasteiger charge is 2.24. The summed E-state index contributed by atoms with van der Waals surface area (Å²) in [6.45, 7) is 0.491. The molecule has 0 radical (unpaired) electrons. The molecule has 6 heteroatoms. The number of methoxy groups -OCH3 is 1. The van der Waals surface area contributed by atoms with Crippen LogP contribution < -0.4 is 15.4 Å². The van der Waals surface area contributed by atoms with Crippen molar-refractivity contribution in [2.45, 2.75) is 25.3 Å². The highest BCUT2D eigenvalue weighted by molar-refractivity contribution is 5.99. The molecule has 1 fully saturated rings. The van der Waals surface area contributed by atoms with E-state index in [0.717, 1.165) is 24.2 Å². The van der Waals surface area contributed by atoms with Gasteiger partial charge in [0.1, 0.15) is 5.75 Å². The smallest absolute Gasteiger partial charge is 0.253 e. The van der Waals surface area contributed by atoms with Gasteiger partial charge in [0, 0.05) is 25.0 Å². The van der Waals surface area contributed by atoms with E-state index in [0.29, 0.717) is 24.1 Å². The average molecular weight is 339 g/mol. The number of hydrogen-bond acceptors (Lipinski definition) is 4. The van der Waals surface area contributed by atoms with Crippen LogP contribution in [0.5, 0.6) is 5.75 Å². The maximum atomic E-state index is 12.3. The van der Waals surface area contributed by atoms with E-state index in [1.165, 1.54) is 12.4 Å². The Morgan fingerprint density at radius 3 is 2.64 bits per heavy atom. The van der Waals surface area contributed by atoms with Gasteiger partial charge in [-0.25, -0.2) is 0 Å². The van der Waals surface area contributed by atoms with Gasteiger partial charge < -0.3 is 15.4 Å². The minimum atomic E-state index is -0.239. The van der Waals surface area contributed by atoms with Crippen LogP contribution >= 0.6 is 0 Å². The first-order valence-corrected chi connectivity index (χ1v) is 8.33. The number of ether oxygens (including phenoxy) is 1. The van der Waals surface area contributed by atoms with Gasteiger partial charge in [0.2, 0.25) is 0 Å². The molecule has 0 atom stereocenters. The lowest BCUT2D eigenvalue weighted by Crippen LogP contribution is -2.28. The van der Waals surface area contributed by atoms with Crippen LogP contribution in [0.2, 0.25) is 0 Å². The Labute approximate surface area is 146 Å². The zero-order valence-corrected chi connectivity index (χ0v) is 14.1. The van der Waals surface area contributed by atoms with E-state index in [-0.39, 0.29) is 17.9 Å². The van der Waals surface area contributed by atoms with Gasteiger partial charge in [0.05, 0.1) is 18.2 Å². The number of aromatic nitrogens is 1. The molecule has 25 heavy (non-hydrogen) atoms. The first-order valence-electron chi connectivity index (χ1n) is 8.33. The van der Waals surface area contributed by atoms with Crippen molar-refractivity contribution in [2.75, 3.05) is 13.7 Å². The van der Waals surface area contributed by atoms with Crippen molar-refractivity contribution in [3.8, 4) is 5.75 Å². The topological polar surface area (TPSA) is 80.3 Å². The van der Waals surface area contributed by atoms with Crippen LogP contribution in [-0.2, 0) is 6.42 Å². The number of amides is 2. The molecule has 2 N–H and O–H groups in total. The maximum Gasteiger partial charge on any atom is 0.253 e. The lowest BCUT2D eigenvalue weighted by atomic mass is 10.1. The van der Waals surface area contributed by atoms with E-state index in [1.54, 1.807) is 13.2 Å². The number of carbonyl (C=O) groups excluding carboxylic acids is 2. The maximum absolute atomic E-state index is 12.3. The Morgan fingerprint density at radius 2 is 1.92 bits per heavy atom. The van der Waals surface area contributed by atoms with Crippen LogP contribution in [-0.4, -0.2) is 36.5 Å². The summed E-state index contributed by atoms with van der Waals surface area (Å²) < 4.78 is 5.19. The molecule has 1 aromatic carbocycles. The van der Waals surface area contributed by atoms with Crippen molar-refractivity contribution in [2.24, 2.45) is 0 Å². The number of hydrogen-bond donors (Lipinski definition) is 2. The second-order valence-electron chi connectivity index (χ2n) is 6.07. The van der Waals surface area contributed by atoms with E-state index in [1.807, 2.05) is 24.3 Å². The molecule has 3 rings (SSSR count). The van der Waals surface area contributed by atoms with Crippen LogP contribution in [0.1, 0.15) is 39.1 Å². The van der Waals surface area contributed by atoms with Crippen LogP contribution in [0.25, 0.3) is 0 Å². The molecule has 1 saturated carbocycles.